The third-order valence-electron chi connectivity index (χ3n) is 12.6. The minimum atomic E-state index is 0.667. The average Bonchev–Trinajstić information content (AvgIpc) is 3.91. The molecular weight excluding hydrogens is 781 g/mol. The van der Waals surface area contributed by atoms with Gasteiger partial charge in [-0.15, -0.1) is 0 Å². The molecule has 0 atom stereocenters. The highest BCUT2D eigenvalue weighted by molar-refractivity contribution is 6.21. The second kappa shape index (κ2) is 14.5. The quantitative estimate of drug-likeness (QED) is 0.157. The predicted octanol–water partition coefficient (Wildman–Crippen LogP) is 15.5. The van der Waals surface area contributed by atoms with Crippen LogP contribution >= 0.6 is 0 Å². The Hall–Kier alpha value is -8.67. The fourth-order valence-electron chi connectivity index (χ4n) is 9.56. The summed E-state index contributed by atoms with van der Waals surface area (Å²) in [6.45, 7) is 0. The Labute approximate surface area is 368 Å². The minimum Gasteiger partial charge on any atom is -0.456 e. The van der Waals surface area contributed by atoms with E-state index in [4.69, 9.17) is 19.4 Å². The summed E-state index contributed by atoms with van der Waals surface area (Å²) < 4.78 is 8.68. The molecule has 5 heteroatoms. The predicted molar refractivity (Wildman–Crippen MR) is 264 cm³/mol. The molecule has 0 fully saturated rings. The number of pyridine rings is 1. The van der Waals surface area contributed by atoms with Gasteiger partial charge in [-0.05, 0) is 65.5 Å². The van der Waals surface area contributed by atoms with Crippen molar-refractivity contribution in [2.75, 3.05) is 0 Å². The van der Waals surface area contributed by atoms with Crippen LogP contribution in [0.3, 0.4) is 0 Å². The van der Waals surface area contributed by atoms with E-state index in [1.807, 2.05) is 36.4 Å². The molecule has 4 heterocycles. The lowest BCUT2D eigenvalue weighted by Gasteiger charge is -2.15. The maximum absolute atomic E-state index is 6.29. The zero-order valence-electron chi connectivity index (χ0n) is 34.5. The van der Waals surface area contributed by atoms with Crippen LogP contribution in [0.4, 0.5) is 0 Å². The largest absolute Gasteiger partial charge is 0.456 e. The highest BCUT2D eigenvalue weighted by Crippen LogP contribution is 2.42. The van der Waals surface area contributed by atoms with Crippen molar-refractivity contribution in [3.05, 3.63) is 218 Å². The summed E-state index contributed by atoms with van der Waals surface area (Å²) in [5, 5.41) is 8.01. The molecule has 0 amide bonds. The Morgan fingerprint density at radius 1 is 0.328 bits per heavy atom. The summed E-state index contributed by atoms with van der Waals surface area (Å²) in [6, 6.07) is 76.7. The van der Waals surface area contributed by atoms with Gasteiger partial charge in [-0.25, -0.2) is 15.0 Å². The van der Waals surface area contributed by atoms with Crippen LogP contribution in [0.15, 0.2) is 223 Å². The van der Waals surface area contributed by atoms with E-state index in [2.05, 4.69) is 187 Å². The van der Waals surface area contributed by atoms with Crippen molar-refractivity contribution in [1.82, 2.24) is 19.5 Å². The van der Waals surface area contributed by atoms with Crippen molar-refractivity contribution < 1.29 is 4.42 Å². The van der Waals surface area contributed by atoms with Crippen LogP contribution in [0.5, 0.6) is 0 Å². The smallest absolute Gasteiger partial charge is 0.160 e. The van der Waals surface area contributed by atoms with Gasteiger partial charge in [0, 0.05) is 65.8 Å². The van der Waals surface area contributed by atoms with E-state index in [0.717, 1.165) is 105 Å². The molecule has 0 aliphatic carbocycles. The molecule has 4 aromatic heterocycles. The topological polar surface area (TPSA) is 56.7 Å². The van der Waals surface area contributed by atoms with Crippen LogP contribution < -0.4 is 0 Å². The van der Waals surface area contributed by atoms with E-state index in [0.29, 0.717) is 5.82 Å². The van der Waals surface area contributed by atoms with Crippen molar-refractivity contribution >= 4 is 65.4 Å². The van der Waals surface area contributed by atoms with Crippen molar-refractivity contribution in [1.29, 1.82) is 0 Å². The van der Waals surface area contributed by atoms with Gasteiger partial charge in [-0.3, -0.25) is 0 Å². The summed E-state index contributed by atoms with van der Waals surface area (Å²) in [4.78, 5) is 15.8. The summed E-state index contributed by atoms with van der Waals surface area (Å²) in [5.74, 6) is 0.667. The number of para-hydroxylation sites is 4. The first-order chi connectivity index (χ1) is 31.7. The number of nitrogens with zero attached hydrogens (tertiary/aromatic N) is 4. The van der Waals surface area contributed by atoms with Gasteiger partial charge in [-0.1, -0.05) is 164 Å². The van der Waals surface area contributed by atoms with E-state index >= 15 is 0 Å². The Balaban J connectivity index is 0.975. The van der Waals surface area contributed by atoms with Gasteiger partial charge in [0.1, 0.15) is 11.2 Å². The summed E-state index contributed by atoms with van der Waals surface area (Å²) >= 11 is 0. The van der Waals surface area contributed by atoms with Crippen LogP contribution in [0.2, 0.25) is 0 Å². The van der Waals surface area contributed by atoms with Gasteiger partial charge in [0.2, 0.25) is 0 Å². The standard InChI is InChI=1S/C59H36N4O/c1-4-15-39(16-5-1)57-50-34-49-44-21-10-12-25-53(44)63(42-19-8-3-9-20-42)54(49)35-48(50)47-24-14-23-43(58(47)62-57)37-27-29-38(30-28-37)51-36-52(61-59(60-51)40-17-6-2-7-18-40)41-31-32-46-45-22-11-13-26-55(45)64-56(46)33-41/h1-36H. The van der Waals surface area contributed by atoms with Gasteiger partial charge >= 0.3 is 0 Å². The number of furan rings is 1. The van der Waals surface area contributed by atoms with Gasteiger partial charge in [-0.2, -0.15) is 0 Å². The second-order valence-electron chi connectivity index (χ2n) is 16.3. The molecule has 298 valence electrons. The van der Waals surface area contributed by atoms with E-state index in [1.165, 1.54) is 16.3 Å². The van der Waals surface area contributed by atoms with E-state index in [9.17, 15) is 0 Å². The first-order valence-corrected chi connectivity index (χ1v) is 21.6. The molecule has 0 saturated heterocycles. The maximum atomic E-state index is 6.29. The molecule has 0 bridgehead atoms. The van der Waals surface area contributed by atoms with E-state index < -0.39 is 0 Å². The molecule has 13 rings (SSSR count). The molecule has 0 N–H and O–H groups in total. The van der Waals surface area contributed by atoms with Crippen LogP contribution in [0.25, 0.3) is 127 Å². The maximum Gasteiger partial charge on any atom is 0.160 e. The normalized spacial score (nSPS) is 11.8. The van der Waals surface area contributed by atoms with Crippen molar-refractivity contribution in [2.45, 2.75) is 0 Å². The van der Waals surface area contributed by atoms with Crippen molar-refractivity contribution in [3.8, 4) is 62.0 Å². The Bertz CT molecular complexity index is 3930. The number of hydrogen-bond acceptors (Lipinski definition) is 4. The Morgan fingerprint density at radius 2 is 0.953 bits per heavy atom. The van der Waals surface area contributed by atoms with Crippen molar-refractivity contribution in [3.63, 3.8) is 0 Å². The average molecular weight is 817 g/mol. The van der Waals surface area contributed by atoms with E-state index in [1.54, 1.807) is 0 Å². The third-order valence-corrected chi connectivity index (χ3v) is 12.6. The molecule has 0 radical (unpaired) electrons. The molecule has 0 saturated carbocycles. The van der Waals surface area contributed by atoms with Gasteiger partial charge in [0.25, 0.3) is 0 Å². The molecule has 0 unspecified atom stereocenters. The van der Waals surface area contributed by atoms with Gasteiger partial charge in [0.15, 0.2) is 5.82 Å². The highest BCUT2D eigenvalue weighted by Gasteiger charge is 2.20. The van der Waals surface area contributed by atoms with Crippen molar-refractivity contribution in [2.24, 2.45) is 0 Å². The Morgan fingerprint density at radius 3 is 1.75 bits per heavy atom. The molecular formula is C59H36N4O. The lowest BCUT2D eigenvalue weighted by Crippen LogP contribution is -1.96. The third kappa shape index (κ3) is 5.83. The summed E-state index contributed by atoms with van der Waals surface area (Å²) in [6.07, 6.45) is 0. The zero-order valence-corrected chi connectivity index (χ0v) is 34.5. The molecule has 13 aromatic rings. The number of rotatable bonds is 6. The monoisotopic (exact) mass is 816 g/mol. The molecule has 0 spiro atoms. The fraction of sp³-hybridized carbons (Fsp3) is 0. The summed E-state index contributed by atoms with van der Waals surface area (Å²) in [5.41, 5.74) is 14.9. The van der Waals surface area contributed by atoms with Crippen LogP contribution in [0, 0.1) is 0 Å². The Kier molecular flexibility index (Phi) is 8.15. The molecule has 9 aromatic carbocycles. The molecule has 0 aliphatic rings. The molecule has 64 heavy (non-hydrogen) atoms. The summed E-state index contributed by atoms with van der Waals surface area (Å²) in [7, 11) is 0. The lowest BCUT2D eigenvalue weighted by atomic mass is 9.94. The van der Waals surface area contributed by atoms with Crippen LogP contribution in [0.1, 0.15) is 0 Å². The minimum absolute atomic E-state index is 0.667. The first-order valence-electron chi connectivity index (χ1n) is 21.6. The lowest BCUT2D eigenvalue weighted by molar-refractivity contribution is 0.669. The number of hydrogen-bond donors (Lipinski definition) is 0. The van der Waals surface area contributed by atoms with Gasteiger partial charge in [0.05, 0.1) is 33.6 Å². The number of fused-ring (bicyclic) bond motifs is 9. The van der Waals surface area contributed by atoms with Crippen LogP contribution in [-0.2, 0) is 0 Å². The van der Waals surface area contributed by atoms with Crippen LogP contribution in [-0.4, -0.2) is 19.5 Å². The SMILES string of the molecule is c1ccc(-c2nc(-c3ccc(-c4cccc5c4nc(-c4ccccc4)c4cc6c7ccccc7n(-c7ccccc7)c6cc45)cc3)cc(-c3ccc4c(c3)oc3ccccc34)n2)cc1. The number of aromatic nitrogens is 4. The molecule has 0 aliphatic heterocycles. The fourth-order valence-corrected chi connectivity index (χ4v) is 9.56. The highest BCUT2D eigenvalue weighted by atomic mass is 16.3. The van der Waals surface area contributed by atoms with Gasteiger partial charge < -0.3 is 8.98 Å². The first kappa shape index (κ1) is 36.0. The number of benzene rings is 9. The second-order valence-corrected chi connectivity index (χ2v) is 16.3. The molecule has 5 nitrogen and oxygen atoms in total. The van der Waals surface area contributed by atoms with E-state index in [-0.39, 0.29) is 0 Å². The zero-order chi connectivity index (χ0) is 42.1.